The van der Waals surface area contributed by atoms with Crippen molar-refractivity contribution in [3.63, 3.8) is 0 Å². The zero-order chi connectivity index (χ0) is 21.7. The molecule has 0 spiro atoms. The molecule has 0 aliphatic heterocycles. The molecule has 2 aromatic heterocycles. The van der Waals surface area contributed by atoms with Crippen LogP contribution < -0.4 is 5.56 Å². The van der Waals surface area contributed by atoms with Crippen LogP contribution in [-0.4, -0.2) is 20.2 Å². The third-order valence-electron chi connectivity index (χ3n) is 4.58. The standard InChI is InChI=1S/C21H18ClN3O.C2HNO/c1-14-3-5-16(6-4-14)12-24-15(2)11-20(26)25-13-19(23-21(24)25)17-7-9-18(22)10-8-17;3-1-2-4/h3-11,13H,12H2,1-2H3;2H. The van der Waals surface area contributed by atoms with Gasteiger partial charge in [0.15, 0.2) is 0 Å². The van der Waals surface area contributed by atoms with E-state index < -0.39 is 0 Å². The maximum absolute atomic E-state index is 12.4. The number of rotatable bonds is 3. The Labute approximate surface area is 178 Å². The highest BCUT2D eigenvalue weighted by Gasteiger charge is 2.12. The maximum atomic E-state index is 12.4. The molecule has 2 heterocycles. The van der Waals surface area contributed by atoms with Crippen LogP contribution in [0.3, 0.4) is 0 Å². The summed E-state index contributed by atoms with van der Waals surface area (Å²) in [6, 6.07) is 18.8. The molecule has 6 nitrogen and oxygen atoms in total. The highest BCUT2D eigenvalue weighted by molar-refractivity contribution is 6.30. The molecular formula is C23H19ClN4O2. The molecule has 0 saturated heterocycles. The molecule has 30 heavy (non-hydrogen) atoms. The Hall–Kier alpha value is -3.69. The van der Waals surface area contributed by atoms with Crippen LogP contribution in [0.5, 0.6) is 0 Å². The molecule has 0 N–H and O–H groups in total. The van der Waals surface area contributed by atoms with Crippen LogP contribution in [0.25, 0.3) is 17.0 Å². The first-order chi connectivity index (χ1) is 14.4. The van der Waals surface area contributed by atoms with E-state index in [4.69, 9.17) is 26.6 Å². The lowest BCUT2D eigenvalue weighted by molar-refractivity contribution is -0.103. The zero-order valence-electron chi connectivity index (χ0n) is 16.5. The number of hydrogen-bond acceptors (Lipinski definition) is 4. The minimum Gasteiger partial charge on any atom is -0.311 e. The Kier molecular flexibility index (Phi) is 6.45. The van der Waals surface area contributed by atoms with Crippen molar-refractivity contribution in [3.8, 4) is 17.3 Å². The number of imidazole rings is 1. The van der Waals surface area contributed by atoms with E-state index in [2.05, 4.69) is 35.8 Å². The number of aryl methyl sites for hydroxylation is 2. The normalized spacial score (nSPS) is 10.2. The largest absolute Gasteiger partial charge is 0.311 e. The van der Waals surface area contributed by atoms with E-state index in [9.17, 15) is 4.79 Å². The van der Waals surface area contributed by atoms with Crippen LogP contribution in [0.1, 0.15) is 16.8 Å². The summed E-state index contributed by atoms with van der Waals surface area (Å²) in [7, 11) is 0. The Balaban J connectivity index is 0.000000589. The average Bonchev–Trinajstić information content (AvgIpc) is 3.19. The topological polar surface area (TPSA) is 80.2 Å². The second-order valence-electron chi connectivity index (χ2n) is 6.75. The molecule has 0 radical (unpaired) electrons. The fourth-order valence-electron chi connectivity index (χ4n) is 3.04. The Morgan fingerprint density at radius 2 is 1.73 bits per heavy atom. The number of aldehydes is 1. The molecule has 150 valence electrons. The number of halogens is 1. The van der Waals surface area contributed by atoms with Gasteiger partial charge in [-0.1, -0.05) is 53.6 Å². The van der Waals surface area contributed by atoms with Crippen molar-refractivity contribution in [2.45, 2.75) is 20.4 Å². The number of hydrogen-bond donors (Lipinski definition) is 0. The van der Waals surface area contributed by atoms with E-state index in [1.54, 1.807) is 16.7 Å². The van der Waals surface area contributed by atoms with E-state index in [1.807, 2.05) is 31.2 Å². The maximum Gasteiger partial charge on any atom is 0.259 e. The van der Waals surface area contributed by atoms with Gasteiger partial charge in [-0.2, -0.15) is 5.26 Å². The van der Waals surface area contributed by atoms with Crippen molar-refractivity contribution < 1.29 is 4.79 Å². The van der Waals surface area contributed by atoms with Crippen LogP contribution in [0.15, 0.2) is 65.6 Å². The Morgan fingerprint density at radius 3 is 2.33 bits per heavy atom. The molecule has 4 rings (SSSR count). The fraction of sp³-hybridized carbons (Fsp3) is 0.130. The summed E-state index contributed by atoms with van der Waals surface area (Å²) in [5.74, 6) is 0.639. The predicted octanol–water partition coefficient (Wildman–Crippen LogP) is 4.19. The molecule has 7 heteroatoms. The first-order valence-electron chi connectivity index (χ1n) is 9.17. The number of benzene rings is 2. The van der Waals surface area contributed by atoms with Crippen LogP contribution in [0.4, 0.5) is 0 Å². The van der Waals surface area contributed by atoms with Crippen LogP contribution >= 0.6 is 11.6 Å². The molecule has 4 aromatic rings. The highest BCUT2D eigenvalue weighted by atomic mass is 35.5. The predicted molar refractivity (Wildman–Crippen MR) is 117 cm³/mol. The minimum absolute atomic E-state index is 0.0784. The van der Waals surface area contributed by atoms with E-state index in [1.165, 1.54) is 17.2 Å². The van der Waals surface area contributed by atoms with Gasteiger partial charge in [-0.05, 0) is 31.5 Å². The molecule has 0 amide bonds. The number of nitrogens with zero attached hydrogens (tertiary/aromatic N) is 4. The number of nitriles is 1. The molecule has 0 aliphatic carbocycles. The SMILES string of the molecule is Cc1ccc(Cn2c(C)cc(=O)n3cc(-c4ccc(Cl)cc4)nc23)cc1.N#CC=O. The molecule has 2 aromatic carbocycles. The van der Waals surface area contributed by atoms with Crippen LogP contribution in [-0.2, 0) is 11.3 Å². The molecule has 0 bridgehead atoms. The summed E-state index contributed by atoms with van der Waals surface area (Å²) >= 11 is 5.97. The molecular weight excluding hydrogens is 400 g/mol. The van der Waals surface area contributed by atoms with Crippen LogP contribution in [0, 0.1) is 25.2 Å². The molecule has 0 fully saturated rings. The Morgan fingerprint density at radius 1 is 1.10 bits per heavy atom. The van der Waals surface area contributed by atoms with E-state index in [0.717, 1.165) is 17.0 Å². The molecule has 0 unspecified atom stereocenters. The summed E-state index contributed by atoms with van der Waals surface area (Å²) in [5.41, 5.74) is 4.88. The first-order valence-corrected chi connectivity index (χ1v) is 9.55. The fourth-order valence-corrected chi connectivity index (χ4v) is 3.16. The Bertz CT molecular complexity index is 1280. The quantitative estimate of drug-likeness (QED) is 0.369. The second kappa shape index (κ2) is 9.21. The van der Waals surface area contributed by atoms with Crippen molar-refractivity contribution in [1.82, 2.24) is 14.0 Å². The van der Waals surface area contributed by atoms with Crippen molar-refractivity contribution in [1.29, 1.82) is 5.26 Å². The lowest BCUT2D eigenvalue weighted by Gasteiger charge is -2.12. The van der Waals surface area contributed by atoms with Gasteiger partial charge in [-0.25, -0.2) is 4.98 Å². The molecule has 0 saturated carbocycles. The van der Waals surface area contributed by atoms with Crippen molar-refractivity contribution in [3.05, 3.63) is 93.0 Å². The van der Waals surface area contributed by atoms with Crippen molar-refractivity contribution >= 4 is 23.7 Å². The molecule has 0 atom stereocenters. The monoisotopic (exact) mass is 418 g/mol. The van der Waals surface area contributed by atoms with Gasteiger partial charge in [-0.15, -0.1) is 0 Å². The van der Waals surface area contributed by atoms with Gasteiger partial charge in [0.05, 0.1) is 12.2 Å². The lowest BCUT2D eigenvalue weighted by atomic mass is 10.1. The number of aromatic nitrogens is 3. The van der Waals surface area contributed by atoms with E-state index in [0.29, 0.717) is 17.3 Å². The van der Waals surface area contributed by atoms with E-state index in [-0.39, 0.29) is 11.8 Å². The van der Waals surface area contributed by atoms with Gasteiger partial charge in [0.2, 0.25) is 12.1 Å². The number of fused-ring (bicyclic) bond motifs is 1. The van der Waals surface area contributed by atoms with Gasteiger partial charge >= 0.3 is 0 Å². The van der Waals surface area contributed by atoms with Crippen molar-refractivity contribution in [2.24, 2.45) is 0 Å². The number of carbonyl (C=O) groups excluding carboxylic acids is 1. The highest BCUT2D eigenvalue weighted by Crippen LogP contribution is 2.21. The van der Waals surface area contributed by atoms with Gasteiger partial charge in [-0.3, -0.25) is 14.0 Å². The average molecular weight is 419 g/mol. The minimum atomic E-state index is -0.0784. The summed E-state index contributed by atoms with van der Waals surface area (Å²) in [6.45, 7) is 4.67. The third kappa shape index (κ3) is 4.65. The van der Waals surface area contributed by atoms with Gasteiger partial charge in [0.1, 0.15) is 6.07 Å². The first kappa shape index (κ1) is 21.0. The molecule has 0 aliphatic rings. The van der Waals surface area contributed by atoms with Gasteiger partial charge in [0, 0.05) is 28.5 Å². The smallest absolute Gasteiger partial charge is 0.259 e. The third-order valence-corrected chi connectivity index (χ3v) is 4.83. The zero-order valence-corrected chi connectivity index (χ0v) is 17.3. The summed E-state index contributed by atoms with van der Waals surface area (Å²) < 4.78 is 3.66. The summed E-state index contributed by atoms with van der Waals surface area (Å²) in [5, 5.41) is 7.93. The van der Waals surface area contributed by atoms with Gasteiger partial charge in [0.25, 0.3) is 5.56 Å². The lowest BCUT2D eigenvalue weighted by Crippen LogP contribution is -2.19. The van der Waals surface area contributed by atoms with E-state index >= 15 is 0 Å². The second-order valence-corrected chi connectivity index (χ2v) is 7.18. The van der Waals surface area contributed by atoms with Crippen LogP contribution in [0.2, 0.25) is 5.02 Å². The summed E-state index contributed by atoms with van der Waals surface area (Å²) in [6.07, 6.45) is 1.96. The number of carbonyl (C=O) groups is 1. The summed E-state index contributed by atoms with van der Waals surface area (Å²) in [4.78, 5) is 26.0. The van der Waals surface area contributed by atoms with Gasteiger partial charge < -0.3 is 4.57 Å². The van der Waals surface area contributed by atoms with Crippen molar-refractivity contribution in [2.75, 3.05) is 0 Å².